The maximum Gasteiger partial charge on any atom is 0.410 e. The molecule has 1 amide bonds. The Bertz CT molecular complexity index is 855. The topological polar surface area (TPSA) is 71.5 Å². The Morgan fingerprint density at radius 1 is 1.10 bits per heavy atom. The van der Waals surface area contributed by atoms with E-state index >= 15 is 0 Å². The molecule has 29 heavy (non-hydrogen) atoms. The van der Waals surface area contributed by atoms with E-state index in [0.29, 0.717) is 0 Å². The quantitative estimate of drug-likeness (QED) is 0.780. The van der Waals surface area contributed by atoms with E-state index in [1.807, 2.05) is 40.0 Å². The van der Waals surface area contributed by atoms with Crippen LogP contribution in [-0.4, -0.2) is 58.0 Å². The highest BCUT2D eigenvalue weighted by atomic mass is 16.6. The van der Waals surface area contributed by atoms with Gasteiger partial charge in [-0.25, -0.2) is 4.79 Å². The van der Waals surface area contributed by atoms with Crippen molar-refractivity contribution in [2.24, 2.45) is 0 Å². The Morgan fingerprint density at radius 3 is 2.31 bits per heavy atom. The van der Waals surface area contributed by atoms with Gasteiger partial charge in [-0.1, -0.05) is 0 Å². The number of hydrogen-bond donors (Lipinski definition) is 0. The largest absolute Gasteiger partial charge is 0.444 e. The van der Waals surface area contributed by atoms with Gasteiger partial charge >= 0.3 is 6.09 Å². The minimum absolute atomic E-state index is 0.173. The zero-order chi connectivity index (χ0) is 21.2. The predicted molar refractivity (Wildman–Crippen MR) is 114 cm³/mol. The Labute approximate surface area is 173 Å². The maximum atomic E-state index is 12.3. The first-order valence-corrected chi connectivity index (χ1v) is 10.1. The molecule has 156 valence electrons. The van der Waals surface area contributed by atoms with Gasteiger partial charge in [-0.3, -0.25) is 4.98 Å². The number of pyridine rings is 1. The van der Waals surface area contributed by atoms with Crippen molar-refractivity contribution in [3.8, 4) is 11.3 Å². The molecule has 0 aliphatic carbocycles. The number of hydrogen-bond acceptors (Lipinski definition) is 6. The molecule has 2 aromatic heterocycles. The van der Waals surface area contributed by atoms with Crippen LogP contribution in [0.3, 0.4) is 0 Å². The Kier molecular flexibility index (Phi) is 6.05. The van der Waals surface area contributed by atoms with Crippen molar-refractivity contribution in [2.75, 3.05) is 25.0 Å². The fourth-order valence-corrected chi connectivity index (χ4v) is 3.63. The lowest BCUT2D eigenvalue weighted by Gasteiger charge is -2.38. The van der Waals surface area contributed by atoms with Crippen molar-refractivity contribution in [1.82, 2.24) is 20.1 Å². The summed E-state index contributed by atoms with van der Waals surface area (Å²) in [4.78, 5) is 20.4. The van der Waals surface area contributed by atoms with E-state index in [2.05, 4.69) is 33.9 Å². The highest BCUT2D eigenvalue weighted by molar-refractivity contribution is 5.68. The predicted octanol–water partition coefficient (Wildman–Crippen LogP) is 3.99. The average molecular weight is 398 g/mol. The first kappa shape index (κ1) is 21.0. The van der Waals surface area contributed by atoms with Gasteiger partial charge in [-0.15, -0.1) is 10.2 Å². The molecule has 3 rings (SSSR count). The number of carbonyl (C=O) groups excluding carboxylic acids is 1. The molecule has 0 spiro atoms. The number of amides is 1. The standard InChI is InChI=1S/C22H31N5O2/c1-15-16(2)20(25-24-19(15)17-7-11-23-12-8-17)27-13-9-18(10-14-27)26(6)21(28)29-22(3,4)5/h7-8,11-12,18H,9-10,13-14H2,1-6H3. The summed E-state index contributed by atoms with van der Waals surface area (Å²) in [6.45, 7) is 11.5. The van der Waals surface area contributed by atoms with Gasteiger partial charge in [0.2, 0.25) is 0 Å². The second kappa shape index (κ2) is 8.35. The van der Waals surface area contributed by atoms with Crippen molar-refractivity contribution >= 4 is 11.9 Å². The molecule has 0 saturated carbocycles. The molecule has 1 fully saturated rings. The van der Waals surface area contributed by atoms with Crippen LogP contribution in [-0.2, 0) is 4.74 Å². The molecule has 0 aromatic carbocycles. The molecule has 7 heteroatoms. The third kappa shape index (κ3) is 4.83. The van der Waals surface area contributed by atoms with Crippen LogP contribution in [0, 0.1) is 13.8 Å². The molecule has 0 radical (unpaired) electrons. The number of ether oxygens (including phenoxy) is 1. The number of piperidine rings is 1. The van der Waals surface area contributed by atoms with Crippen LogP contribution in [0.2, 0.25) is 0 Å². The molecular weight excluding hydrogens is 366 g/mol. The lowest BCUT2D eigenvalue weighted by Crippen LogP contribution is -2.47. The average Bonchev–Trinajstić information content (AvgIpc) is 2.69. The normalized spacial score (nSPS) is 15.3. The second-order valence-corrected chi connectivity index (χ2v) is 8.67. The zero-order valence-electron chi connectivity index (χ0n) is 18.3. The Hall–Kier alpha value is -2.70. The smallest absolute Gasteiger partial charge is 0.410 e. The van der Waals surface area contributed by atoms with E-state index in [4.69, 9.17) is 4.74 Å². The van der Waals surface area contributed by atoms with E-state index in [0.717, 1.165) is 54.1 Å². The molecule has 0 unspecified atom stereocenters. The third-order valence-electron chi connectivity index (χ3n) is 5.44. The minimum Gasteiger partial charge on any atom is -0.444 e. The molecule has 1 aliphatic rings. The van der Waals surface area contributed by atoms with E-state index in [9.17, 15) is 4.79 Å². The number of aromatic nitrogens is 3. The summed E-state index contributed by atoms with van der Waals surface area (Å²) in [5, 5.41) is 9.05. The maximum absolute atomic E-state index is 12.3. The summed E-state index contributed by atoms with van der Waals surface area (Å²) in [5.74, 6) is 0.929. The lowest BCUT2D eigenvalue weighted by molar-refractivity contribution is 0.0200. The van der Waals surface area contributed by atoms with Crippen molar-refractivity contribution < 1.29 is 9.53 Å². The van der Waals surface area contributed by atoms with Gasteiger partial charge in [-0.05, 0) is 70.7 Å². The Morgan fingerprint density at radius 2 is 1.72 bits per heavy atom. The molecular formula is C22H31N5O2. The molecule has 0 atom stereocenters. The minimum atomic E-state index is -0.479. The number of rotatable bonds is 3. The van der Waals surface area contributed by atoms with E-state index in [1.165, 1.54) is 0 Å². The summed E-state index contributed by atoms with van der Waals surface area (Å²) >= 11 is 0. The SMILES string of the molecule is Cc1c(-c2ccncc2)nnc(N2CCC(N(C)C(=O)OC(C)(C)C)CC2)c1C. The molecule has 0 bridgehead atoms. The van der Waals surface area contributed by atoms with Gasteiger partial charge in [0.05, 0.1) is 5.69 Å². The summed E-state index contributed by atoms with van der Waals surface area (Å²) < 4.78 is 5.50. The highest BCUT2D eigenvalue weighted by Gasteiger charge is 2.29. The van der Waals surface area contributed by atoms with Gasteiger partial charge in [0.1, 0.15) is 5.60 Å². The van der Waals surface area contributed by atoms with Crippen LogP contribution < -0.4 is 4.90 Å². The van der Waals surface area contributed by atoms with Crippen molar-refractivity contribution in [1.29, 1.82) is 0 Å². The van der Waals surface area contributed by atoms with E-state index < -0.39 is 5.60 Å². The zero-order valence-corrected chi connectivity index (χ0v) is 18.3. The number of nitrogens with zero attached hydrogens (tertiary/aromatic N) is 5. The fraction of sp³-hybridized carbons (Fsp3) is 0.545. The Balaban J connectivity index is 1.68. The summed E-state index contributed by atoms with van der Waals surface area (Å²) in [5.41, 5.74) is 3.72. The van der Waals surface area contributed by atoms with Gasteiger partial charge in [-0.2, -0.15) is 0 Å². The first-order valence-electron chi connectivity index (χ1n) is 10.1. The van der Waals surface area contributed by atoms with Crippen LogP contribution in [0.5, 0.6) is 0 Å². The summed E-state index contributed by atoms with van der Waals surface area (Å²) in [7, 11) is 1.83. The molecule has 0 N–H and O–H groups in total. The number of carbonyl (C=O) groups is 1. The van der Waals surface area contributed by atoms with E-state index in [1.54, 1.807) is 17.3 Å². The van der Waals surface area contributed by atoms with Crippen LogP contribution in [0.25, 0.3) is 11.3 Å². The molecule has 1 saturated heterocycles. The molecule has 3 heterocycles. The van der Waals surface area contributed by atoms with Gasteiger partial charge < -0.3 is 14.5 Å². The number of anilines is 1. The third-order valence-corrected chi connectivity index (χ3v) is 5.44. The van der Waals surface area contributed by atoms with Crippen molar-refractivity contribution in [3.63, 3.8) is 0 Å². The van der Waals surface area contributed by atoms with Crippen molar-refractivity contribution in [2.45, 2.75) is 59.1 Å². The van der Waals surface area contributed by atoms with E-state index in [-0.39, 0.29) is 12.1 Å². The summed E-state index contributed by atoms with van der Waals surface area (Å²) in [6.07, 6.45) is 5.03. The summed E-state index contributed by atoms with van der Waals surface area (Å²) in [6, 6.07) is 4.08. The van der Waals surface area contributed by atoms with Gasteiger partial charge in [0.25, 0.3) is 0 Å². The second-order valence-electron chi connectivity index (χ2n) is 8.67. The lowest BCUT2D eigenvalue weighted by atomic mass is 10.0. The van der Waals surface area contributed by atoms with Crippen LogP contribution in [0.4, 0.5) is 10.6 Å². The van der Waals surface area contributed by atoms with Crippen LogP contribution in [0.15, 0.2) is 24.5 Å². The first-order chi connectivity index (χ1) is 13.7. The molecule has 7 nitrogen and oxygen atoms in total. The van der Waals surface area contributed by atoms with Gasteiger partial charge in [0.15, 0.2) is 5.82 Å². The van der Waals surface area contributed by atoms with Gasteiger partial charge in [0, 0.05) is 44.1 Å². The van der Waals surface area contributed by atoms with Crippen LogP contribution in [0.1, 0.15) is 44.7 Å². The fourth-order valence-electron chi connectivity index (χ4n) is 3.63. The van der Waals surface area contributed by atoms with Crippen molar-refractivity contribution in [3.05, 3.63) is 35.7 Å². The monoisotopic (exact) mass is 397 g/mol. The molecule has 1 aliphatic heterocycles. The molecule has 2 aromatic rings. The van der Waals surface area contributed by atoms with Crippen LogP contribution >= 0.6 is 0 Å². The highest BCUT2D eigenvalue weighted by Crippen LogP contribution is 2.29.